The first-order chi connectivity index (χ1) is 8.45. The van der Waals surface area contributed by atoms with Gasteiger partial charge in [-0.1, -0.05) is 30.0 Å². The summed E-state index contributed by atoms with van der Waals surface area (Å²) in [5, 5.41) is 0. The lowest BCUT2D eigenvalue weighted by atomic mass is 10.2. The van der Waals surface area contributed by atoms with Gasteiger partial charge >= 0.3 is 0 Å². The van der Waals surface area contributed by atoms with Gasteiger partial charge in [-0.3, -0.25) is 0 Å². The van der Waals surface area contributed by atoms with Crippen molar-refractivity contribution in [1.82, 2.24) is 0 Å². The van der Waals surface area contributed by atoms with E-state index in [0.717, 1.165) is 30.7 Å². The number of rotatable bonds is 4. The zero-order valence-corrected chi connectivity index (χ0v) is 10.2. The smallest absolute Gasteiger partial charge is 0.0245 e. The number of hydrogen-bond donors (Lipinski definition) is 0. The molecule has 2 rings (SSSR count). The first-order valence-electron chi connectivity index (χ1n) is 6.40. The van der Waals surface area contributed by atoms with Gasteiger partial charge in [0.05, 0.1) is 0 Å². The van der Waals surface area contributed by atoms with Crippen LogP contribution >= 0.6 is 0 Å². The Bertz CT molecular complexity index is 446. The van der Waals surface area contributed by atoms with Crippen molar-refractivity contribution in [1.29, 1.82) is 0 Å². The normalized spacial score (nSPS) is 13.2. The van der Waals surface area contributed by atoms with Gasteiger partial charge in [0.1, 0.15) is 0 Å². The molecule has 0 atom stereocenters. The van der Waals surface area contributed by atoms with E-state index in [1.54, 1.807) is 0 Å². The van der Waals surface area contributed by atoms with E-state index >= 15 is 0 Å². The molecule has 0 aliphatic heterocycles. The third-order valence-corrected chi connectivity index (χ3v) is 2.73. The van der Waals surface area contributed by atoms with Gasteiger partial charge in [-0.25, -0.2) is 0 Å². The fraction of sp³-hybridized carbons (Fsp3) is 0.353. The summed E-state index contributed by atoms with van der Waals surface area (Å²) in [4.78, 5) is 0. The molecular formula is C17H18. The number of allylic oxidation sites excluding steroid dienone is 1. The number of unbranched alkanes of at least 4 members (excludes halogenated alkanes) is 2. The van der Waals surface area contributed by atoms with E-state index in [-0.39, 0.29) is 0 Å². The van der Waals surface area contributed by atoms with Gasteiger partial charge in [0.25, 0.3) is 0 Å². The highest BCUT2D eigenvalue weighted by atomic mass is 14.2. The van der Waals surface area contributed by atoms with Crippen molar-refractivity contribution in [3.63, 3.8) is 0 Å². The largest absolute Gasteiger partial charge is 0.129 e. The molecule has 1 aromatic carbocycles. The first-order valence-corrected chi connectivity index (χ1v) is 6.40. The van der Waals surface area contributed by atoms with Crippen LogP contribution in [0.25, 0.3) is 0 Å². The van der Waals surface area contributed by atoms with Crippen LogP contribution in [-0.4, -0.2) is 0 Å². The quantitative estimate of drug-likeness (QED) is 0.404. The van der Waals surface area contributed by atoms with Crippen molar-refractivity contribution >= 4 is 0 Å². The van der Waals surface area contributed by atoms with Crippen molar-refractivity contribution in [3.8, 4) is 11.8 Å². The molecule has 0 radical (unpaired) electrons. The fourth-order valence-electron chi connectivity index (χ4n) is 1.53. The highest BCUT2D eigenvalue weighted by Gasteiger charge is 2.16. The van der Waals surface area contributed by atoms with Crippen LogP contribution in [-0.2, 0) is 0 Å². The van der Waals surface area contributed by atoms with E-state index in [1.807, 2.05) is 30.3 Å². The first kappa shape index (κ1) is 11.8. The Hall–Kier alpha value is -1.70. The molecule has 0 saturated heterocycles. The Morgan fingerprint density at radius 2 is 2.00 bits per heavy atom. The van der Waals surface area contributed by atoms with Gasteiger partial charge < -0.3 is 0 Å². The van der Waals surface area contributed by atoms with E-state index in [2.05, 4.69) is 29.7 Å². The second-order valence-corrected chi connectivity index (χ2v) is 4.43. The summed E-state index contributed by atoms with van der Waals surface area (Å²) < 4.78 is 0. The predicted octanol–water partition coefficient (Wildman–Crippen LogP) is 4.33. The molecule has 1 fully saturated rings. The summed E-state index contributed by atoms with van der Waals surface area (Å²) in [6, 6.07) is 10.2. The lowest BCUT2D eigenvalue weighted by molar-refractivity contribution is 0.885. The molecular weight excluding hydrogens is 204 g/mol. The summed E-state index contributed by atoms with van der Waals surface area (Å²) in [6.45, 7) is 0. The van der Waals surface area contributed by atoms with Gasteiger partial charge in [0.2, 0.25) is 0 Å². The van der Waals surface area contributed by atoms with Crippen LogP contribution in [0.3, 0.4) is 0 Å². The van der Waals surface area contributed by atoms with Gasteiger partial charge in [-0.2, -0.15) is 0 Å². The van der Waals surface area contributed by atoms with Crippen LogP contribution in [0.4, 0.5) is 0 Å². The molecule has 0 heterocycles. The maximum absolute atomic E-state index is 3.26. The third kappa shape index (κ3) is 5.25. The van der Waals surface area contributed by atoms with Crippen LogP contribution in [0, 0.1) is 17.8 Å². The maximum atomic E-state index is 3.26. The Labute approximate surface area is 104 Å². The second kappa shape index (κ2) is 6.79. The van der Waals surface area contributed by atoms with E-state index in [0.29, 0.717) is 0 Å². The SMILES string of the molecule is C(=CCCCC#Cc1ccccc1)=CC1CC1. The summed E-state index contributed by atoms with van der Waals surface area (Å²) in [7, 11) is 0. The van der Waals surface area contributed by atoms with Gasteiger partial charge in [-0.15, -0.1) is 5.73 Å². The Kier molecular flexibility index (Phi) is 4.70. The van der Waals surface area contributed by atoms with Crippen molar-refractivity contribution in [2.75, 3.05) is 0 Å². The molecule has 0 unspecified atom stereocenters. The summed E-state index contributed by atoms with van der Waals surface area (Å²) in [5.74, 6) is 7.21. The highest BCUT2D eigenvalue weighted by molar-refractivity contribution is 5.33. The zero-order chi connectivity index (χ0) is 11.8. The minimum atomic E-state index is 0.837. The van der Waals surface area contributed by atoms with Crippen LogP contribution in [0.2, 0.25) is 0 Å². The molecule has 0 heteroatoms. The molecule has 1 aliphatic carbocycles. The van der Waals surface area contributed by atoms with Crippen LogP contribution in [0.1, 0.15) is 37.7 Å². The maximum Gasteiger partial charge on any atom is 0.0245 e. The average molecular weight is 222 g/mol. The molecule has 0 amide bonds. The highest BCUT2D eigenvalue weighted by Crippen LogP contribution is 2.29. The molecule has 1 aromatic rings. The third-order valence-electron chi connectivity index (χ3n) is 2.73. The van der Waals surface area contributed by atoms with E-state index < -0.39 is 0 Å². The predicted molar refractivity (Wildman–Crippen MR) is 72.5 cm³/mol. The van der Waals surface area contributed by atoms with Crippen molar-refractivity contribution in [2.24, 2.45) is 5.92 Å². The van der Waals surface area contributed by atoms with Crippen molar-refractivity contribution < 1.29 is 0 Å². The Morgan fingerprint density at radius 1 is 1.18 bits per heavy atom. The van der Waals surface area contributed by atoms with Gasteiger partial charge in [0.15, 0.2) is 0 Å². The van der Waals surface area contributed by atoms with Crippen LogP contribution in [0.5, 0.6) is 0 Å². The fourth-order valence-corrected chi connectivity index (χ4v) is 1.53. The standard InChI is InChI=1S/C17H18/c1(2-4-7-13-17-14-15-17)3-6-10-16-11-8-5-9-12-16/h4-5,8-9,11-13,17H,1-3,14-15H2. The molecule has 0 spiro atoms. The lowest BCUT2D eigenvalue weighted by Crippen LogP contribution is -1.72. The molecule has 0 nitrogen and oxygen atoms in total. The molecule has 0 N–H and O–H groups in total. The summed E-state index contributed by atoms with van der Waals surface area (Å²) >= 11 is 0. The summed E-state index contributed by atoms with van der Waals surface area (Å²) in [6.07, 6.45) is 10.3. The number of hydrogen-bond acceptors (Lipinski definition) is 0. The number of benzene rings is 1. The van der Waals surface area contributed by atoms with Crippen LogP contribution < -0.4 is 0 Å². The molecule has 1 saturated carbocycles. The van der Waals surface area contributed by atoms with Gasteiger partial charge in [0, 0.05) is 12.0 Å². The Balaban J connectivity index is 1.63. The van der Waals surface area contributed by atoms with Crippen LogP contribution in [0.15, 0.2) is 48.2 Å². The Morgan fingerprint density at radius 3 is 2.76 bits per heavy atom. The second-order valence-electron chi connectivity index (χ2n) is 4.43. The van der Waals surface area contributed by atoms with Crippen molar-refractivity contribution in [2.45, 2.75) is 32.1 Å². The van der Waals surface area contributed by atoms with E-state index in [4.69, 9.17) is 0 Å². The minimum absolute atomic E-state index is 0.837. The van der Waals surface area contributed by atoms with Crippen molar-refractivity contribution in [3.05, 3.63) is 53.8 Å². The van der Waals surface area contributed by atoms with E-state index in [1.165, 1.54) is 12.8 Å². The average Bonchev–Trinajstić information content (AvgIpc) is 3.18. The van der Waals surface area contributed by atoms with E-state index in [9.17, 15) is 0 Å². The molecule has 17 heavy (non-hydrogen) atoms. The topological polar surface area (TPSA) is 0 Å². The summed E-state index contributed by atoms with van der Waals surface area (Å²) in [5.41, 5.74) is 4.37. The molecule has 1 aliphatic rings. The lowest BCUT2D eigenvalue weighted by Gasteiger charge is -1.87. The van der Waals surface area contributed by atoms with Gasteiger partial charge in [-0.05, 0) is 55.9 Å². The molecule has 86 valence electrons. The molecule has 0 bridgehead atoms. The monoisotopic (exact) mass is 222 g/mol. The zero-order valence-electron chi connectivity index (χ0n) is 10.2. The molecule has 0 aromatic heterocycles. The minimum Gasteiger partial charge on any atom is -0.129 e.